The zero-order chi connectivity index (χ0) is 52.9. The fraction of sp³-hybridized carbons (Fsp3) is 0.448. The van der Waals surface area contributed by atoms with Crippen LogP contribution in [0.1, 0.15) is 175 Å². The van der Waals surface area contributed by atoms with Crippen molar-refractivity contribution >= 4 is 17.9 Å². The van der Waals surface area contributed by atoms with Crippen LogP contribution in [0, 0.1) is 0 Å². The van der Waals surface area contributed by atoms with Gasteiger partial charge in [-0.2, -0.15) is 0 Å². The molecule has 0 bridgehead atoms. The molecule has 0 saturated carbocycles. The molecule has 0 aliphatic heterocycles. The third-order valence-electron chi connectivity index (χ3n) is 10.3. The topological polar surface area (TPSA) is 78.9 Å². The second-order valence-electron chi connectivity index (χ2n) is 17.0. The van der Waals surface area contributed by atoms with Gasteiger partial charge in [-0.25, -0.2) is 0 Å². The highest BCUT2D eigenvalue weighted by molar-refractivity contribution is 5.71. The van der Waals surface area contributed by atoms with Gasteiger partial charge in [0.2, 0.25) is 0 Å². The van der Waals surface area contributed by atoms with Crippen molar-refractivity contribution in [1.82, 2.24) is 0 Å². The fourth-order valence-electron chi connectivity index (χ4n) is 6.29. The predicted molar refractivity (Wildman–Crippen MR) is 315 cm³/mol. The first-order valence-electron chi connectivity index (χ1n) is 27.6. The Hall–Kier alpha value is -6.01. The van der Waals surface area contributed by atoms with Gasteiger partial charge in [-0.1, -0.05) is 227 Å². The van der Waals surface area contributed by atoms with Crippen molar-refractivity contribution in [3.8, 4) is 0 Å². The molecule has 0 amide bonds. The number of hydrogen-bond acceptors (Lipinski definition) is 6. The van der Waals surface area contributed by atoms with E-state index >= 15 is 0 Å². The highest BCUT2D eigenvalue weighted by atomic mass is 16.6. The van der Waals surface area contributed by atoms with E-state index in [2.05, 4.69) is 203 Å². The van der Waals surface area contributed by atoms with Crippen LogP contribution < -0.4 is 0 Å². The van der Waals surface area contributed by atoms with Gasteiger partial charge in [-0.15, -0.1) is 0 Å². The van der Waals surface area contributed by atoms with Crippen molar-refractivity contribution in [3.63, 3.8) is 0 Å². The lowest BCUT2D eigenvalue weighted by Crippen LogP contribution is -2.30. The highest BCUT2D eigenvalue weighted by Crippen LogP contribution is 2.08. The van der Waals surface area contributed by atoms with Crippen molar-refractivity contribution in [2.75, 3.05) is 13.2 Å². The van der Waals surface area contributed by atoms with Crippen molar-refractivity contribution in [2.24, 2.45) is 0 Å². The summed E-state index contributed by atoms with van der Waals surface area (Å²) in [4.78, 5) is 38.1. The molecule has 400 valence electrons. The Balaban J connectivity index is 4.76. The summed E-state index contributed by atoms with van der Waals surface area (Å²) in [7, 11) is 0. The molecule has 1 atom stereocenters. The summed E-state index contributed by atoms with van der Waals surface area (Å²) in [5, 5.41) is 0. The van der Waals surface area contributed by atoms with Gasteiger partial charge < -0.3 is 14.2 Å². The van der Waals surface area contributed by atoms with Crippen LogP contribution in [0.5, 0.6) is 0 Å². The second-order valence-corrected chi connectivity index (χ2v) is 17.0. The molecule has 6 nitrogen and oxygen atoms in total. The number of unbranched alkanes of at least 4 members (excludes halogenated alkanes) is 1. The van der Waals surface area contributed by atoms with Crippen LogP contribution in [0.15, 0.2) is 207 Å². The van der Waals surface area contributed by atoms with Crippen molar-refractivity contribution in [3.05, 3.63) is 207 Å². The number of allylic oxidation sites excluding steroid dienone is 34. The molecule has 0 spiro atoms. The first-order chi connectivity index (χ1) is 36.0. The summed E-state index contributed by atoms with van der Waals surface area (Å²) in [5.74, 6) is -1.22. The van der Waals surface area contributed by atoms with Crippen LogP contribution in [-0.2, 0) is 28.6 Å². The lowest BCUT2D eigenvalue weighted by molar-refractivity contribution is -0.166. The van der Waals surface area contributed by atoms with Gasteiger partial charge in [-0.3, -0.25) is 14.4 Å². The molecule has 73 heavy (non-hydrogen) atoms. The quantitative estimate of drug-likeness (QED) is 0.0262. The maximum absolute atomic E-state index is 12.8. The van der Waals surface area contributed by atoms with E-state index in [0.29, 0.717) is 19.3 Å². The SMILES string of the molecule is CC/C=C\C/C=C\C/C=C\C/C=C\C/C=C\C/C=C\CCC(=O)OC[C@@H](COC(=O)CCC/C=C\C/C=C\C/C=C\C/C=C\C/C=C\CC)OC(=O)CC/C=C\C/C=C\C/C=C\C/C=C\C/C=C\C/C=C\CC. The molecular weight excluding hydrogens is 901 g/mol. The molecule has 0 N–H and O–H groups in total. The summed E-state index contributed by atoms with van der Waals surface area (Å²) in [6.07, 6.45) is 91.3. The van der Waals surface area contributed by atoms with E-state index in [9.17, 15) is 14.4 Å². The maximum Gasteiger partial charge on any atom is 0.306 e. The number of esters is 3. The lowest BCUT2D eigenvalue weighted by Gasteiger charge is -2.18. The van der Waals surface area contributed by atoms with Gasteiger partial charge in [0, 0.05) is 19.3 Å². The second kappa shape index (κ2) is 58.6. The monoisotopic (exact) mass is 997 g/mol. The van der Waals surface area contributed by atoms with E-state index in [0.717, 1.165) is 116 Å². The molecule has 0 saturated heterocycles. The molecule has 6 heteroatoms. The Morgan fingerprint density at radius 1 is 0.274 bits per heavy atom. The summed E-state index contributed by atoms with van der Waals surface area (Å²) >= 11 is 0. The van der Waals surface area contributed by atoms with E-state index in [1.165, 1.54) is 0 Å². The summed E-state index contributed by atoms with van der Waals surface area (Å²) in [6, 6.07) is 0. The van der Waals surface area contributed by atoms with Crippen LogP contribution in [0.4, 0.5) is 0 Å². The molecule has 0 heterocycles. The molecule has 0 unspecified atom stereocenters. The number of carbonyl (C=O) groups excluding carboxylic acids is 3. The van der Waals surface area contributed by atoms with Crippen molar-refractivity contribution in [1.29, 1.82) is 0 Å². The van der Waals surface area contributed by atoms with Crippen molar-refractivity contribution in [2.45, 2.75) is 181 Å². The standard InChI is InChI=1S/C67H96O6/c1-4-7-10-13-16-19-22-25-28-31-33-36-39-42-45-48-51-54-57-60-66(69)72-63-64(62-71-65(68)59-56-53-50-47-44-41-38-35-30-27-24-21-18-15-12-9-6-3)73-67(70)61-58-55-52-49-46-43-40-37-34-32-29-26-23-20-17-14-11-8-5-2/h7-12,16-21,25-30,33-34,36-38,41-43,45-47,50-52,54-55,64H,4-6,13-15,22-24,31-32,35,39-40,44,48-49,53,56-63H2,1-3H3/b10-7-,11-8-,12-9-,19-16-,20-17-,21-18-,28-25-,29-26-,30-27-,36-33-,37-34-,41-38-,45-42-,46-43-,50-47-,54-51-,55-52-/t64-/m1/s1. The molecule has 0 aromatic heterocycles. The van der Waals surface area contributed by atoms with Crippen LogP contribution in [0.3, 0.4) is 0 Å². The molecule has 0 rings (SSSR count). The first kappa shape index (κ1) is 67.0. The Labute approximate surface area is 445 Å². The van der Waals surface area contributed by atoms with Crippen molar-refractivity contribution < 1.29 is 28.6 Å². The Kier molecular flexibility index (Phi) is 53.7. The summed E-state index contributed by atoms with van der Waals surface area (Å²) in [6.45, 7) is 6.08. The van der Waals surface area contributed by atoms with Gasteiger partial charge in [0.15, 0.2) is 6.10 Å². The number of hydrogen-bond donors (Lipinski definition) is 0. The minimum absolute atomic E-state index is 0.163. The van der Waals surface area contributed by atoms with Crippen LogP contribution in [0.2, 0.25) is 0 Å². The number of carbonyl (C=O) groups is 3. The average Bonchev–Trinajstić information content (AvgIpc) is 3.39. The highest BCUT2D eigenvalue weighted by Gasteiger charge is 2.19. The Morgan fingerprint density at radius 3 is 0.767 bits per heavy atom. The summed E-state index contributed by atoms with van der Waals surface area (Å²) in [5.41, 5.74) is 0. The molecule has 0 fully saturated rings. The van der Waals surface area contributed by atoms with Crippen LogP contribution >= 0.6 is 0 Å². The van der Waals surface area contributed by atoms with Gasteiger partial charge >= 0.3 is 17.9 Å². The smallest absolute Gasteiger partial charge is 0.306 e. The third-order valence-corrected chi connectivity index (χ3v) is 10.3. The normalized spacial score (nSPS) is 13.7. The van der Waals surface area contributed by atoms with Gasteiger partial charge in [-0.05, 0) is 135 Å². The van der Waals surface area contributed by atoms with Gasteiger partial charge in [0.25, 0.3) is 0 Å². The van der Waals surface area contributed by atoms with E-state index in [1.54, 1.807) is 0 Å². The lowest BCUT2D eigenvalue weighted by atomic mass is 10.2. The van der Waals surface area contributed by atoms with Gasteiger partial charge in [0.05, 0.1) is 0 Å². The van der Waals surface area contributed by atoms with Crippen LogP contribution in [0.25, 0.3) is 0 Å². The van der Waals surface area contributed by atoms with Crippen LogP contribution in [-0.4, -0.2) is 37.2 Å². The Bertz CT molecular complexity index is 1860. The van der Waals surface area contributed by atoms with Gasteiger partial charge in [0.1, 0.15) is 13.2 Å². The summed E-state index contributed by atoms with van der Waals surface area (Å²) < 4.78 is 16.6. The minimum atomic E-state index is -0.887. The minimum Gasteiger partial charge on any atom is -0.462 e. The molecular formula is C67H96O6. The fourth-order valence-corrected chi connectivity index (χ4v) is 6.29. The molecule has 0 aromatic rings. The largest absolute Gasteiger partial charge is 0.462 e. The van der Waals surface area contributed by atoms with E-state index in [-0.39, 0.29) is 38.4 Å². The molecule has 0 radical (unpaired) electrons. The molecule has 0 aliphatic rings. The number of ether oxygens (including phenoxy) is 3. The zero-order valence-corrected chi connectivity index (χ0v) is 45.5. The predicted octanol–water partition coefficient (Wildman–Crippen LogP) is 18.9. The number of rotatable bonds is 46. The first-order valence-corrected chi connectivity index (χ1v) is 27.6. The zero-order valence-electron chi connectivity index (χ0n) is 45.5. The average molecular weight is 997 g/mol. The third kappa shape index (κ3) is 56.8. The van der Waals surface area contributed by atoms with E-state index in [4.69, 9.17) is 14.2 Å². The van der Waals surface area contributed by atoms with E-state index in [1.807, 2.05) is 24.3 Å². The Morgan fingerprint density at radius 2 is 0.493 bits per heavy atom. The van der Waals surface area contributed by atoms with E-state index < -0.39 is 18.0 Å². The molecule has 0 aromatic carbocycles. The molecule has 0 aliphatic carbocycles. The maximum atomic E-state index is 12.8.